The van der Waals surface area contributed by atoms with Crippen LogP contribution in [0.15, 0.2) is 28.1 Å². The molecule has 4 rings (SSSR count). The zero-order chi connectivity index (χ0) is 16.4. The number of aryl methyl sites for hydroxylation is 1. The van der Waals surface area contributed by atoms with E-state index in [1.54, 1.807) is 11.3 Å². The summed E-state index contributed by atoms with van der Waals surface area (Å²) in [6, 6.07) is 4.19. The van der Waals surface area contributed by atoms with E-state index >= 15 is 0 Å². The number of thiazole rings is 1. The molecular formula is C19H27N3OS. The summed E-state index contributed by atoms with van der Waals surface area (Å²) in [4.78, 5) is 9.57. The monoisotopic (exact) mass is 345 g/mol. The van der Waals surface area contributed by atoms with Crippen LogP contribution in [-0.4, -0.2) is 41.0 Å². The second-order valence-corrected chi connectivity index (χ2v) is 8.47. The number of nitrogens with zero attached hydrogens (tertiary/aromatic N) is 3. The van der Waals surface area contributed by atoms with Crippen LogP contribution in [0.5, 0.6) is 0 Å². The lowest BCUT2D eigenvalue weighted by molar-refractivity contribution is 0.0280. The van der Waals surface area contributed by atoms with Crippen molar-refractivity contribution in [3.63, 3.8) is 0 Å². The highest BCUT2D eigenvalue weighted by Crippen LogP contribution is 2.41. The predicted octanol–water partition coefficient (Wildman–Crippen LogP) is 3.92. The summed E-state index contributed by atoms with van der Waals surface area (Å²) in [5.41, 5.74) is 0.592. The molecule has 2 saturated heterocycles. The summed E-state index contributed by atoms with van der Waals surface area (Å²) in [6.07, 6.45) is 7.31. The van der Waals surface area contributed by atoms with Crippen LogP contribution in [0.2, 0.25) is 0 Å². The minimum atomic E-state index is 0.592. The maximum atomic E-state index is 5.73. The van der Waals surface area contributed by atoms with Crippen molar-refractivity contribution in [2.75, 3.05) is 26.2 Å². The van der Waals surface area contributed by atoms with Crippen molar-refractivity contribution in [3.8, 4) is 0 Å². The molecule has 2 fully saturated rings. The van der Waals surface area contributed by atoms with Crippen molar-refractivity contribution in [2.45, 2.75) is 45.7 Å². The van der Waals surface area contributed by atoms with Gasteiger partial charge in [-0.25, -0.2) is 4.98 Å². The fraction of sp³-hybridized carbons (Fsp3) is 0.632. The van der Waals surface area contributed by atoms with Crippen LogP contribution < -0.4 is 0 Å². The Kier molecular flexibility index (Phi) is 4.74. The number of likely N-dealkylation sites (tertiary alicyclic amines) is 2. The van der Waals surface area contributed by atoms with Gasteiger partial charge in [0.1, 0.15) is 16.5 Å². The maximum absolute atomic E-state index is 5.73. The second-order valence-electron chi connectivity index (χ2n) is 7.49. The number of aromatic nitrogens is 1. The molecule has 4 nitrogen and oxygen atoms in total. The van der Waals surface area contributed by atoms with Crippen LogP contribution >= 0.6 is 11.3 Å². The van der Waals surface area contributed by atoms with E-state index in [2.05, 4.69) is 32.3 Å². The third-order valence-electron chi connectivity index (χ3n) is 5.85. The van der Waals surface area contributed by atoms with Crippen molar-refractivity contribution in [2.24, 2.45) is 5.41 Å². The first-order valence-corrected chi connectivity index (χ1v) is 9.97. The molecular weight excluding hydrogens is 318 g/mol. The average Bonchev–Trinajstić information content (AvgIpc) is 3.24. The Morgan fingerprint density at radius 3 is 2.25 bits per heavy atom. The minimum absolute atomic E-state index is 0.592. The Hall–Kier alpha value is -1.17. The van der Waals surface area contributed by atoms with Gasteiger partial charge in [-0.15, -0.1) is 11.3 Å². The first-order valence-electron chi connectivity index (χ1n) is 9.09. The normalized spacial score (nSPS) is 22.2. The van der Waals surface area contributed by atoms with Gasteiger partial charge in [-0.05, 0) is 76.3 Å². The Bertz CT molecular complexity index is 633. The molecule has 0 atom stereocenters. The third kappa shape index (κ3) is 3.73. The van der Waals surface area contributed by atoms with Crippen LogP contribution in [0.4, 0.5) is 0 Å². The highest BCUT2D eigenvalue weighted by molar-refractivity contribution is 7.09. The van der Waals surface area contributed by atoms with Crippen molar-refractivity contribution >= 4 is 11.3 Å². The van der Waals surface area contributed by atoms with E-state index in [0.717, 1.165) is 24.6 Å². The molecule has 0 saturated carbocycles. The van der Waals surface area contributed by atoms with Gasteiger partial charge in [-0.3, -0.25) is 9.80 Å². The Morgan fingerprint density at radius 1 is 1.04 bits per heavy atom. The van der Waals surface area contributed by atoms with Crippen LogP contribution in [0.25, 0.3) is 0 Å². The molecule has 24 heavy (non-hydrogen) atoms. The first kappa shape index (κ1) is 16.3. The molecule has 2 aromatic heterocycles. The standard InChI is InChI=1S/C19H27N3OS/c1-16-2-3-17(23-16)14-21-9-4-19(5-10-21)6-11-22(12-7-19)15-18-20-8-13-24-18/h2-3,8,13H,4-7,9-12,14-15H2,1H3. The highest BCUT2D eigenvalue weighted by Gasteiger charge is 2.37. The van der Waals surface area contributed by atoms with Gasteiger partial charge >= 0.3 is 0 Å². The topological polar surface area (TPSA) is 32.5 Å². The molecule has 5 heteroatoms. The van der Waals surface area contributed by atoms with E-state index in [0.29, 0.717) is 5.41 Å². The molecule has 2 aromatic rings. The lowest BCUT2D eigenvalue weighted by Gasteiger charge is -2.46. The van der Waals surface area contributed by atoms with Gasteiger partial charge in [-0.2, -0.15) is 0 Å². The summed E-state index contributed by atoms with van der Waals surface area (Å²) >= 11 is 1.78. The molecule has 0 radical (unpaired) electrons. The second kappa shape index (κ2) is 6.98. The zero-order valence-electron chi connectivity index (χ0n) is 14.5. The molecule has 0 unspecified atom stereocenters. The molecule has 1 spiro atoms. The van der Waals surface area contributed by atoms with Crippen LogP contribution in [0.1, 0.15) is 42.2 Å². The van der Waals surface area contributed by atoms with E-state index in [1.165, 1.54) is 56.9 Å². The summed E-state index contributed by atoms with van der Waals surface area (Å²) < 4.78 is 5.73. The smallest absolute Gasteiger partial charge is 0.118 e. The highest BCUT2D eigenvalue weighted by atomic mass is 32.1. The van der Waals surface area contributed by atoms with Crippen molar-refractivity contribution in [1.29, 1.82) is 0 Å². The Balaban J connectivity index is 1.25. The number of hydrogen-bond donors (Lipinski definition) is 0. The van der Waals surface area contributed by atoms with Gasteiger partial charge in [0.2, 0.25) is 0 Å². The van der Waals surface area contributed by atoms with Crippen LogP contribution in [0.3, 0.4) is 0 Å². The molecule has 0 bridgehead atoms. The van der Waals surface area contributed by atoms with E-state index < -0.39 is 0 Å². The minimum Gasteiger partial charge on any atom is -0.465 e. The fourth-order valence-corrected chi connectivity index (χ4v) is 4.84. The van der Waals surface area contributed by atoms with Gasteiger partial charge in [0.05, 0.1) is 13.1 Å². The van der Waals surface area contributed by atoms with Gasteiger partial charge in [0.15, 0.2) is 0 Å². The first-order chi connectivity index (χ1) is 11.7. The Morgan fingerprint density at radius 2 is 1.71 bits per heavy atom. The van der Waals surface area contributed by atoms with Gasteiger partial charge in [-0.1, -0.05) is 0 Å². The number of furan rings is 1. The molecule has 0 amide bonds. The van der Waals surface area contributed by atoms with Crippen molar-refractivity contribution in [1.82, 2.24) is 14.8 Å². The van der Waals surface area contributed by atoms with E-state index in [-0.39, 0.29) is 0 Å². The third-order valence-corrected chi connectivity index (χ3v) is 6.62. The summed E-state index contributed by atoms with van der Waals surface area (Å²) in [5, 5.41) is 3.34. The number of rotatable bonds is 4. The molecule has 2 aliphatic heterocycles. The largest absolute Gasteiger partial charge is 0.465 e. The van der Waals surface area contributed by atoms with E-state index in [9.17, 15) is 0 Å². The van der Waals surface area contributed by atoms with Crippen molar-refractivity contribution < 1.29 is 4.42 Å². The molecule has 0 aliphatic carbocycles. The summed E-state index contributed by atoms with van der Waals surface area (Å²) in [6.45, 7) is 8.93. The summed E-state index contributed by atoms with van der Waals surface area (Å²) in [7, 11) is 0. The van der Waals surface area contributed by atoms with Gasteiger partial charge in [0.25, 0.3) is 0 Å². The quantitative estimate of drug-likeness (QED) is 0.841. The van der Waals surface area contributed by atoms with Gasteiger partial charge < -0.3 is 4.42 Å². The predicted molar refractivity (Wildman–Crippen MR) is 97.0 cm³/mol. The van der Waals surface area contributed by atoms with Crippen LogP contribution in [-0.2, 0) is 13.1 Å². The lowest BCUT2D eigenvalue weighted by atomic mass is 9.71. The molecule has 4 heterocycles. The van der Waals surface area contributed by atoms with E-state index in [4.69, 9.17) is 4.42 Å². The number of piperidine rings is 2. The van der Waals surface area contributed by atoms with Gasteiger partial charge in [0, 0.05) is 11.6 Å². The average molecular weight is 346 g/mol. The van der Waals surface area contributed by atoms with Crippen LogP contribution in [0, 0.1) is 12.3 Å². The summed E-state index contributed by atoms with van der Waals surface area (Å²) in [5.74, 6) is 2.13. The number of hydrogen-bond acceptors (Lipinski definition) is 5. The lowest BCUT2D eigenvalue weighted by Crippen LogP contribution is -2.46. The molecule has 130 valence electrons. The molecule has 0 aromatic carbocycles. The van der Waals surface area contributed by atoms with E-state index in [1.807, 2.05) is 13.1 Å². The maximum Gasteiger partial charge on any atom is 0.118 e. The molecule has 2 aliphatic rings. The SMILES string of the molecule is Cc1ccc(CN2CCC3(CC2)CCN(Cc2nccs2)CC3)o1. The zero-order valence-corrected chi connectivity index (χ0v) is 15.4. The van der Waals surface area contributed by atoms with Crippen molar-refractivity contribution in [3.05, 3.63) is 40.2 Å². The Labute approximate surface area is 148 Å². The molecule has 0 N–H and O–H groups in total. The fourth-order valence-electron chi connectivity index (χ4n) is 4.18.